The zero-order valence-electron chi connectivity index (χ0n) is 10.8. The Morgan fingerprint density at radius 3 is 2.53 bits per heavy atom. The number of halogens is 3. The normalized spacial score (nSPS) is 11.4. The van der Waals surface area contributed by atoms with Crippen LogP contribution in [-0.2, 0) is 6.18 Å². The Labute approximate surface area is 114 Å². The van der Waals surface area contributed by atoms with Crippen molar-refractivity contribution >= 4 is 23.5 Å². The van der Waals surface area contributed by atoms with E-state index in [4.69, 9.17) is 0 Å². The predicted octanol–water partition coefficient (Wildman–Crippen LogP) is 3.09. The fourth-order valence-corrected chi connectivity index (χ4v) is 1.59. The average molecular weight is 294 g/mol. The zero-order chi connectivity index (χ0) is 14.3. The largest absolute Gasteiger partial charge is 0.433 e. The molecule has 0 aliphatic rings. The summed E-state index contributed by atoms with van der Waals surface area (Å²) in [4.78, 5) is 7.49. The van der Waals surface area contributed by atoms with E-state index in [1.165, 1.54) is 0 Å². The topological polar surface area (TPSA) is 49.8 Å². The van der Waals surface area contributed by atoms with E-state index in [1.807, 2.05) is 13.2 Å². The minimum atomic E-state index is -4.47. The molecule has 0 saturated carbocycles. The van der Waals surface area contributed by atoms with Gasteiger partial charge in [-0.25, -0.2) is 4.98 Å². The summed E-state index contributed by atoms with van der Waals surface area (Å²) in [5.41, 5.74) is -0.937. The molecule has 0 fully saturated rings. The quantitative estimate of drug-likeness (QED) is 0.757. The first-order chi connectivity index (χ1) is 8.97. The number of hydrogen-bond acceptors (Lipinski definition) is 5. The summed E-state index contributed by atoms with van der Waals surface area (Å²) >= 11 is 1.60. The number of thioether (sulfide) groups is 1. The van der Waals surface area contributed by atoms with Crippen LogP contribution in [0.4, 0.5) is 24.9 Å². The van der Waals surface area contributed by atoms with E-state index >= 15 is 0 Å². The summed E-state index contributed by atoms with van der Waals surface area (Å²) in [5.74, 6) is 0.988. The molecule has 4 nitrogen and oxygen atoms in total. The Balaban J connectivity index is 2.89. The highest BCUT2D eigenvalue weighted by Gasteiger charge is 2.33. The van der Waals surface area contributed by atoms with E-state index < -0.39 is 11.9 Å². The lowest BCUT2D eigenvalue weighted by Gasteiger charge is -2.12. The van der Waals surface area contributed by atoms with E-state index in [2.05, 4.69) is 20.6 Å². The first-order valence-electron chi connectivity index (χ1n) is 5.90. The Kier molecular flexibility index (Phi) is 6.20. The third kappa shape index (κ3) is 5.54. The molecular formula is C11H17F3N4S. The number of rotatable bonds is 7. The second kappa shape index (κ2) is 7.42. The van der Waals surface area contributed by atoms with Gasteiger partial charge >= 0.3 is 6.18 Å². The number of anilines is 2. The molecule has 19 heavy (non-hydrogen) atoms. The van der Waals surface area contributed by atoms with E-state index in [9.17, 15) is 13.2 Å². The van der Waals surface area contributed by atoms with Gasteiger partial charge in [0.25, 0.3) is 0 Å². The van der Waals surface area contributed by atoms with Crippen LogP contribution >= 0.6 is 11.8 Å². The van der Waals surface area contributed by atoms with Crippen LogP contribution < -0.4 is 10.6 Å². The van der Waals surface area contributed by atoms with Gasteiger partial charge in [0.05, 0.1) is 0 Å². The average Bonchev–Trinajstić information content (AvgIpc) is 2.35. The van der Waals surface area contributed by atoms with Gasteiger partial charge in [-0.15, -0.1) is 0 Å². The Hall–Kier alpha value is -1.18. The molecule has 0 unspecified atom stereocenters. The molecule has 1 rings (SSSR count). The van der Waals surface area contributed by atoms with Crippen LogP contribution in [0, 0.1) is 0 Å². The summed E-state index contributed by atoms with van der Waals surface area (Å²) in [5, 5.41) is 5.63. The molecule has 1 aromatic heterocycles. The van der Waals surface area contributed by atoms with Crippen LogP contribution in [0.15, 0.2) is 6.07 Å². The molecule has 1 heterocycles. The molecule has 0 amide bonds. The summed E-state index contributed by atoms with van der Waals surface area (Å²) in [7, 11) is 0. The molecule has 8 heteroatoms. The predicted molar refractivity (Wildman–Crippen MR) is 72.7 cm³/mol. The monoisotopic (exact) mass is 294 g/mol. The number of nitrogens with zero attached hydrogens (tertiary/aromatic N) is 2. The van der Waals surface area contributed by atoms with Crippen LogP contribution in [0.2, 0.25) is 0 Å². The fourth-order valence-electron chi connectivity index (χ4n) is 1.28. The molecule has 0 spiro atoms. The van der Waals surface area contributed by atoms with Gasteiger partial charge in [-0.1, -0.05) is 6.92 Å². The Bertz CT molecular complexity index is 398. The van der Waals surface area contributed by atoms with Gasteiger partial charge in [0.1, 0.15) is 5.82 Å². The molecule has 108 valence electrons. The van der Waals surface area contributed by atoms with Crippen molar-refractivity contribution in [2.45, 2.75) is 19.5 Å². The molecule has 0 aromatic carbocycles. The second-order valence-electron chi connectivity index (χ2n) is 3.81. The van der Waals surface area contributed by atoms with Crippen molar-refractivity contribution < 1.29 is 13.2 Å². The lowest BCUT2D eigenvalue weighted by molar-refractivity contribution is -0.141. The lowest BCUT2D eigenvalue weighted by atomic mass is 10.3. The molecule has 0 aliphatic carbocycles. The maximum Gasteiger partial charge on any atom is 0.433 e. The van der Waals surface area contributed by atoms with Gasteiger partial charge in [-0.2, -0.15) is 29.9 Å². The second-order valence-corrected chi connectivity index (χ2v) is 4.79. The summed E-state index contributed by atoms with van der Waals surface area (Å²) in [6.07, 6.45) is -1.76. The molecule has 2 N–H and O–H groups in total. The molecule has 0 aliphatic heterocycles. The third-order valence-electron chi connectivity index (χ3n) is 2.16. The van der Waals surface area contributed by atoms with Gasteiger partial charge in [0.15, 0.2) is 5.69 Å². The molecule has 1 aromatic rings. The van der Waals surface area contributed by atoms with Crippen molar-refractivity contribution in [3.63, 3.8) is 0 Å². The zero-order valence-corrected chi connectivity index (χ0v) is 11.7. The van der Waals surface area contributed by atoms with Crippen LogP contribution in [-0.4, -0.2) is 35.1 Å². The van der Waals surface area contributed by atoms with E-state index in [0.29, 0.717) is 13.1 Å². The van der Waals surface area contributed by atoms with Crippen LogP contribution in [0.25, 0.3) is 0 Å². The van der Waals surface area contributed by atoms with Crippen LogP contribution in [0.1, 0.15) is 19.0 Å². The molecule has 0 atom stereocenters. The maximum atomic E-state index is 12.7. The number of alkyl halides is 3. The van der Waals surface area contributed by atoms with Crippen LogP contribution in [0.3, 0.4) is 0 Å². The van der Waals surface area contributed by atoms with Crippen LogP contribution in [0.5, 0.6) is 0 Å². The van der Waals surface area contributed by atoms with Crippen molar-refractivity contribution in [3.8, 4) is 0 Å². The Morgan fingerprint density at radius 1 is 1.21 bits per heavy atom. The van der Waals surface area contributed by atoms with Crippen molar-refractivity contribution in [2.75, 3.05) is 35.7 Å². The molecular weight excluding hydrogens is 277 g/mol. The molecule has 0 radical (unpaired) electrons. The smallest absolute Gasteiger partial charge is 0.369 e. The highest BCUT2D eigenvalue weighted by atomic mass is 32.2. The lowest BCUT2D eigenvalue weighted by Crippen LogP contribution is -2.15. The highest BCUT2D eigenvalue weighted by molar-refractivity contribution is 7.98. The van der Waals surface area contributed by atoms with E-state index in [0.717, 1.165) is 18.2 Å². The number of nitrogens with one attached hydrogen (secondary N) is 2. The highest BCUT2D eigenvalue weighted by Crippen LogP contribution is 2.29. The van der Waals surface area contributed by atoms with E-state index in [-0.39, 0.29) is 11.8 Å². The first-order valence-corrected chi connectivity index (χ1v) is 7.29. The summed E-state index contributed by atoms with van der Waals surface area (Å²) in [6.45, 7) is 3.01. The van der Waals surface area contributed by atoms with Gasteiger partial charge < -0.3 is 10.6 Å². The van der Waals surface area contributed by atoms with Gasteiger partial charge in [0, 0.05) is 24.9 Å². The van der Waals surface area contributed by atoms with Crippen molar-refractivity contribution in [1.82, 2.24) is 9.97 Å². The van der Waals surface area contributed by atoms with Gasteiger partial charge in [0.2, 0.25) is 5.95 Å². The first kappa shape index (κ1) is 15.9. The summed E-state index contributed by atoms with van der Waals surface area (Å²) < 4.78 is 38.1. The van der Waals surface area contributed by atoms with Crippen molar-refractivity contribution in [3.05, 3.63) is 11.8 Å². The van der Waals surface area contributed by atoms with Crippen molar-refractivity contribution in [1.29, 1.82) is 0 Å². The maximum absolute atomic E-state index is 12.7. The number of hydrogen-bond donors (Lipinski definition) is 2. The molecule has 0 bridgehead atoms. The minimum Gasteiger partial charge on any atom is -0.369 e. The van der Waals surface area contributed by atoms with Gasteiger partial charge in [-0.05, 0) is 12.7 Å². The SMILES string of the molecule is CCCNc1nc(NCCSC)cc(C(F)(F)F)n1. The van der Waals surface area contributed by atoms with Gasteiger partial charge in [-0.3, -0.25) is 0 Å². The van der Waals surface area contributed by atoms with Crippen molar-refractivity contribution in [2.24, 2.45) is 0 Å². The summed E-state index contributed by atoms with van der Waals surface area (Å²) in [6, 6.07) is 0.928. The number of aromatic nitrogens is 2. The molecule has 0 saturated heterocycles. The fraction of sp³-hybridized carbons (Fsp3) is 0.636. The minimum absolute atomic E-state index is 0.00308. The third-order valence-corrected chi connectivity index (χ3v) is 2.77. The van der Waals surface area contributed by atoms with E-state index in [1.54, 1.807) is 11.8 Å². The standard InChI is InChI=1S/C11H17F3N4S/c1-3-4-16-10-17-8(11(12,13)14)7-9(18-10)15-5-6-19-2/h7H,3-6H2,1-2H3,(H2,15,16,17,18). The Morgan fingerprint density at radius 2 is 1.95 bits per heavy atom.